The van der Waals surface area contributed by atoms with Gasteiger partial charge in [0, 0.05) is 13.1 Å². The summed E-state index contributed by atoms with van der Waals surface area (Å²) in [7, 11) is 3.23. The Morgan fingerprint density at radius 1 is 1.35 bits per heavy atom. The number of likely N-dealkylation sites (N-methyl/N-ethyl adjacent to an activating group) is 1. The van der Waals surface area contributed by atoms with E-state index in [0.717, 1.165) is 11.3 Å². The molecule has 122 valence electrons. The average molecular weight is 318 g/mol. The number of nitro groups is 1. The van der Waals surface area contributed by atoms with Gasteiger partial charge in [0.2, 0.25) is 0 Å². The Kier molecular flexibility index (Phi) is 5.00. The van der Waals surface area contributed by atoms with Crippen LogP contribution in [0.4, 0.5) is 5.88 Å². The number of rotatable bonds is 6. The molecule has 0 fully saturated rings. The number of nitrogens with zero attached hydrogens (tertiary/aromatic N) is 2. The Hall–Kier alpha value is -2.83. The lowest BCUT2D eigenvalue weighted by atomic mass is 10.0. The Labute approximate surface area is 133 Å². The minimum absolute atomic E-state index is 0.0499. The van der Waals surface area contributed by atoms with E-state index in [-0.39, 0.29) is 11.8 Å². The van der Waals surface area contributed by atoms with Crippen LogP contribution in [0, 0.1) is 10.1 Å². The standard InChI is InChI=1S/C16H18N2O5/c1-11(10-12-6-4-5-7-13(12)22-3)17(2)16(19)14-8-9-15(23-14)18(20)21/h4-9,11H,10H2,1-3H3. The van der Waals surface area contributed by atoms with Gasteiger partial charge in [0.25, 0.3) is 5.91 Å². The molecule has 1 aromatic heterocycles. The second-order valence-corrected chi connectivity index (χ2v) is 5.18. The van der Waals surface area contributed by atoms with Gasteiger partial charge in [0.05, 0.1) is 13.2 Å². The van der Waals surface area contributed by atoms with Gasteiger partial charge in [-0.25, -0.2) is 0 Å². The fourth-order valence-electron chi connectivity index (χ4n) is 2.24. The average Bonchev–Trinajstić information content (AvgIpc) is 3.04. The highest BCUT2D eigenvalue weighted by molar-refractivity contribution is 5.91. The van der Waals surface area contributed by atoms with Crippen molar-refractivity contribution >= 4 is 11.8 Å². The molecular formula is C16H18N2O5. The molecule has 1 unspecified atom stereocenters. The number of carbonyl (C=O) groups is 1. The van der Waals surface area contributed by atoms with Gasteiger partial charge in [-0.3, -0.25) is 14.9 Å². The summed E-state index contributed by atoms with van der Waals surface area (Å²) in [5.74, 6) is -0.139. The fraction of sp³-hybridized carbons (Fsp3) is 0.312. The van der Waals surface area contributed by atoms with Crippen LogP contribution in [0.15, 0.2) is 40.8 Å². The number of hydrogen-bond donors (Lipinski definition) is 0. The molecule has 7 nitrogen and oxygen atoms in total. The molecule has 1 atom stereocenters. The van der Waals surface area contributed by atoms with Gasteiger partial charge in [-0.2, -0.15) is 0 Å². The van der Waals surface area contributed by atoms with E-state index >= 15 is 0 Å². The van der Waals surface area contributed by atoms with Crippen LogP contribution in [0.25, 0.3) is 0 Å². The molecule has 1 aromatic carbocycles. The molecule has 0 saturated heterocycles. The molecule has 2 rings (SSSR count). The van der Waals surface area contributed by atoms with Gasteiger partial charge in [-0.15, -0.1) is 0 Å². The first-order valence-corrected chi connectivity index (χ1v) is 7.07. The van der Waals surface area contributed by atoms with E-state index < -0.39 is 16.7 Å². The van der Waals surface area contributed by atoms with Gasteiger partial charge < -0.3 is 14.1 Å². The molecule has 0 bridgehead atoms. The monoisotopic (exact) mass is 318 g/mol. The minimum atomic E-state index is -0.672. The summed E-state index contributed by atoms with van der Waals surface area (Å²) >= 11 is 0. The first-order chi connectivity index (χ1) is 10.9. The third-order valence-electron chi connectivity index (χ3n) is 3.67. The quantitative estimate of drug-likeness (QED) is 0.604. The SMILES string of the molecule is COc1ccccc1CC(C)N(C)C(=O)c1ccc([N+](=O)[O-])o1. The highest BCUT2D eigenvalue weighted by Crippen LogP contribution is 2.22. The van der Waals surface area contributed by atoms with Crippen LogP contribution in [0.2, 0.25) is 0 Å². The second-order valence-electron chi connectivity index (χ2n) is 5.18. The lowest BCUT2D eigenvalue weighted by Gasteiger charge is -2.24. The third-order valence-corrected chi connectivity index (χ3v) is 3.67. The molecule has 0 aliphatic carbocycles. The summed E-state index contributed by atoms with van der Waals surface area (Å²) in [6, 6.07) is 9.93. The molecule has 1 heterocycles. The topological polar surface area (TPSA) is 85.8 Å². The molecule has 7 heteroatoms. The summed E-state index contributed by atoms with van der Waals surface area (Å²) in [6.45, 7) is 1.89. The Morgan fingerprint density at radius 3 is 2.65 bits per heavy atom. The van der Waals surface area contributed by atoms with Crippen molar-refractivity contribution in [3.8, 4) is 5.75 Å². The molecule has 0 aliphatic heterocycles. The maximum Gasteiger partial charge on any atom is 0.433 e. The van der Waals surface area contributed by atoms with Crippen molar-refractivity contribution in [2.24, 2.45) is 0 Å². The van der Waals surface area contributed by atoms with Crippen molar-refractivity contribution in [3.05, 3.63) is 57.8 Å². The van der Waals surface area contributed by atoms with Crippen LogP contribution >= 0.6 is 0 Å². The molecule has 2 aromatic rings. The van der Waals surface area contributed by atoms with Crippen LogP contribution in [0.1, 0.15) is 23.0 Å². The minimum Gasteiger partial charge on any atom is -0.496 e. The predicted molar refractivity (Wildman–Crippen MR) is 83.6 cm³/mol. The van der Waals surface area contributed by atoms with Gasteiger partial charge in [0.1, 0.15) is 10.7 Å². The summed E-state index contributed by atoms with van der Waals surface area (Å²) in [5, 5.41) is 10.6. The van der Waals surface area contributed by atoms with Crippen LogP contribution < -0.4 is 4.74 Å². The van der Waals surface area contributed by atoms with Gasteiger partial charge in [-0.1, -0.05) is 18.2 Å². The third kappa shape index (κ3) is 3.68. The van der Waals surface area contributed by atoms with Crippen molar-refractivity contribution in [1.82, 2.24) is 4.90 Å². The molecule has 0 spiro atoms. The number of benzene rings is 1. The van der Waals surface area contributed by atoms with E-state index in [0.29, 0.717) is 6.42 Å². The summed E-state index contributed by atoms with van der Waals surface area (Å²) < 4.78 is 10.3. The molecule has 0 N–H and O–H groups in total. The van der Waals surface area contributed by atoms with Crippen LogP contribution in [0.3, 0.4) is 0 Å². The fourth-order valence-corrected chi connectivity index (χ4v) is 2.24. The number of furan rings is 1. The summed E-state index contributed by atoms with van der Waals surface area (Å²) in [6.07, 6.45) is 0.592. The summed E-state index contributed by atoms with van der Waals surface area (Å²) in [5.41, 5.74) is 0.979. The first-order valence-electron chi connectivity index (χ1n) is 7.07. The van der Waals surface area contributed by atoms with Crippen LogP contribution in [-0.4, -0.2) is 35.9 Å². The maximum absolute atomic E-state index is 12.3. The second kappa shape index (κ2) is 6.95. The van der Waals surface area contributed by atoms with Crippen LogP contribution in [-0.2, 0) is 6.42 Å². The van der Waals surface area contributed by atoms with E-state index in [4.69, 9.17) is 9.15 Å². The van der Waals surface area contributed by atoms with Crippen LogP contribution in [0.5, 0.6) is 5.75 Å². The molecule has 0 radical (unpaired) electrons. The Balaban J connectivity index is 2.10. The highest BCUT2D eigenvalue weighted by atomic mass is 16.6. The van der Waals surface area contributed by atoms with Crippen molar-refractivity contribution in [2.45, 2.75) is 19.4 Å². The number of ether oxygens (including phenoxy) is 1. The molecule has 0 aliphatic rings. The van der Waals surface area contributed by atoms with Gasteiger partial charge in [0.15, 0.2) is 5.76 Å². The van der Waals surface area contributed by atoms with E-state index in [1.807, 2.05) is 31.2 Å². The Morgan fingerprint density at radius 2 is 2.04 bits per heavy atom. The van der Waals surface area contributed by atoms with E-state index in [1.54, 1.807) is 14.2 Å². The first kappa shape index (κ1) is 16.5. The number of para-hydroxylation sites is 1. The zero-order valence-electron chi connectivity index (χ0n) is 13.2. The number of methoxy groups -OCH3 is 1. The van der Waals surface area contributed by atoms with Gasteiger partial charge in [-0.05, 0) is 31.0 Å². The maximum atomic E-state index is 12.3. The zero-order valence-corrected chi connectivity index (χ0v) is 13.2. The highest BCUT2D eigenvalue weighted by Gasteiger charge is 2.24. The molecular weight excluding hydrogens is 300 g/mol. The van der Waals surface area contributed by atoms with Crippen molar-refractivity contribution in [1.29, 1.82) is 0 Å². The zero-order chi connectivity index (χ0) is 17.0. The van der Waals surface area contributed by atoms with Gasteiger partial charge >= 0.3 is 5.88 Å². The van der Waals surface area contributed by atoms with E-state index in [1.165, 1.54) is 17.0 Å². The number of hydrogen-bond acceptors (Lipinski definition) is 5. The van der Waals surface area contributed by atoms with E-state index in [9.17, 15) is 14.9 Å². The lowest BCUT2D eigenvalue weighted by Crippen LogP contribution is -2.36. The van der Waals surface area contributed by atoms with Crippen molar-refractivity contribution in [3.63, 3.8) is 0 Å². The predicted octanol–water partition coefficient (Wildman–Crippen LogP) is 2.90. The normalized spacial score (nSPS) is 11.8. The molecule has 23 heavy (non-hydrogen) atoms. The largest absolute Gasteiger partial charge is 0.496 e. The molecule has 1 amide bonds. The van der Waals surface area contributed by atoms with Crippen molar-refractivity contribution < 1.29 is 18.9 Å². The van der Waals surface area contributed by atoms with E-state index in [2.05, 4.69) is 0 Å². The molecule has 0 saturated carbocycles. The Bertz CT molecular complexity index is 710. The summed E-state index contributed by atoms with van der Waals surface area (Å²) in [4.78, 5) is 23.8. The van der Waals surface area contributed by atoms with Crippen molar-refractivity contribution in [2.75, 3.05) is 14.2 Å². The lowest BCUT2D eigenvalue weighted by molar-refractivity contribution is -0.402. The number of carbonyl (C=O) groups excluding carboxylic acids is 1. The smallest absolute Gasteiger partial charge is 0.433 e. The number of amides is 1.